The van der Waals surface area contributed by atoms with Crippen molar-refractivity contribution < 1.29 is 27.0 Å². The van der Waals surface area contributed by atoms with Gasteiger partial charge >= 0.3 is 6.29 Å². The van der Waals surface area contributed by atoms with Gasteiger partial charge in [0.25, 0.3) is 0 Å². The zero-order valence-electron chi connectivity index (χ0n) is 15.0. The van der Waals surface area contributed by atoms with Crippen LogP contribution in [0.25, 0.3) is 11.1 Å². The molecule has 0 unspecified atom stereocenters. The van der Waals surface area contributed by atoms with Crippen LogP contribution in [-0.4, -0.2) is 12.8 Å². The Morgan fingerprint density at radius 2 is 1.71 bits per heavy atom. The first-order valence-corrected chi connectivity index (χ1v) is 8.31. The first kappa shape index (κ1) is 19.5. The van der Waals surface area contributed by atoms with Gasteiger partial charge in [-0.25, -0.2) is 8.78 Å². The lowest BCUT2D eigenvalue weighted by Crippen LogP contribution is -2.25. The van der Waals surface area contributed by atoms with Crippen molar-refractivity contribution in [3.8, 4) is 22.6 Å². The second-order valence-electron chi connectivity index (χ2n) is 6.15. The molecule has 1 aliphatic heterocycles. The molecule has 0 radical (unpaired) electrons. The summed E-state index contributed by atoms with van der Waals surface area (Å²) in [6.07, 6.45) is -2.76. The van der Waals surface area contributed by atoms with Crippen molar-refractivity contribution in [2.75, 3.05) is 11.9 Å². The number of ether oxygens (including phenoxy) is 2. The molecule has 3 rings (SSSR count). The fraction of sp³-hybridized carbons (Fsp3) is 0.143. The van der Waals surface area contributed by atoms with Gasteiger partial charge < -0.3 is 14.8 Å². The Kier molecular flexibility index (Phi) is 5.18. The van der Waals surface area contributed by atoms with E-state index >= 15 is 0 Å². The number of aryl methyl sites for hydroxylation is 1. The molecular weight excluding hydrogens is 374 g/mol. The minimum atomic E-state index is -3.67. The summed E-state index contributed by atoms with van der Waals surface area (Å²) in [5, 5.41) is 2.90. The third kappa shape index (κ3) is 4.03. The number of hydrogen-bond acceptors (Lipinski definition) is 3. The van der Waals surface area contributed by atoms with Crippen LogP contribution in [0.3, 0.4) is 0 Å². The van der Waals surface area contributed by atoms with Crippen LogP contribution >= 0.6 is 0 Å². The summed E-state index contributed by atoms with van der Waals surface area (Å²) in [6, 6.07) is 9.89. The smallest absolute Gasteiger partial charge is 0.395 e. The highest BCUT2D eigenvalue weighted by Crippen LogP contribution is 2.44. The predicted octanol–water partition coefficient (Wildman–Crippen LogP) is 6.29. The number of fused-ring (bicyclic) bond motifs is 1. The number of nitrogens with one attached hydrogen (secondary N) is 1. The lowest BCUT2D eigenvalue weighted by atomic mass is 9.99. The molecule has 0 bridgehead atoms. The van der Waals surface area contributed by atoms with Crippen molar-refractivity contribution in [1.82, 2.24) is 0 Å². The number of rotatable bonds is 6. The quantitative estimate of drug-likeness (QED) is 0.464. The Morgan fingerprint density at radius 1 is 1.11 bits per heavy atom. The van der Waals surface area contributed by atoms with E-state index in [9.17, 15) is 17.6 Å². The minimum Gasteiger partial charge on any atom is -0.395 e. The van der Waals surface area contributed by atoms with Crippen molar-refractivity contribution in [2.24, 2.45) is 0 Å². The van der Waals surface area contributed by atoms with Gasteiger partial charge in [0.1, 0.15) is 11.7 Å². The molecule has 1 heterocycles. The van der Waals surface area contributed by atoms with Gasteiger partial charge in [-0.05, 0) is 54.0 Å². The Morgan fingerprint density at radius 3 is 2.29 bits per heavy atom. The van der Waals surface area contributed by atoms with Gasteiger partial charge in [-0.2, -0.15) is 0 Å². The Bertz CT molecular complexity index is 965. The molecule has 0 spiro atoms. The molecular formula is C21H17F4NO2. The molecule has 2 aromatic carbocycles. The largest absolute Gasteiger partial charge is 0.586 e. The van der Waals surface area contributed by atoms with E-state index in [0.717, 1.165) is 17.2 Å². The molecule has 0 saturated carbocycles. The van der Waals surface area contributed by atoms with E-state index in [4.69, 9.17) is 0 Å². The van der Waals surface area contributed by atoms with E-state index < -0.39 is 17.9 Å². The summed E-state index contributed by atoms with van der Waals surface area (Å²) in [4.78, 5) is 0. The van der Waals surface area contributed by atoms with Crippen molar-refractivity contribution in [3.63, 3.8) is 0 Å². The average molecular weight is 391 g/mol. The second kappa shape index (κ2) is 7.42. The van der Waals surface area contributed by atoms with Gasteiger partial charge in [0.05, 0.1) is 0 Å². The number of benzene rings is 2. The zero-order chi connectivity index (χ0) is 20.5. The van der Waals surface area contributed by atoms with Gasteiger partial charge in [-0.15, -0.1) is 8.78 Å². The van der Waals surface area contributed by atoms with Crippen molar-refractivity contribution in [1.29, 1.82) is 0 Å². The maximum absolute atomic E-state index is 13.6. The van der Waals surface area contributed by atoms with Crippen LogP contribution in [0.5, 0.6) is 11.5 Å². The third-order valence-corrected chi connectivity index (χ3v) is 4.21. The van der Waals surface area contributed by atoms with Crippen LogP contribution < -0.4 is 14.8 Å². The van der Waals surface area contributed by atoms with Crippen molar-refractivity contribution in [2.45, 2.75) is 13.2 Å². The number of hydrogen-bond donors (Lipinski definition) is 1. The maximum atomic E-state index is 13.6. The van der Waals surface area contributed by atoms with E-state index in [1.807, 2.05) is 0 Å². The molecule has 0 saturated heterocycles. The fourth-order valence-corrected chi connectivity index (χ4v) is 2.80. The van der Waals surface area contributed by atoms with E-state index in [2.05, 4.69) is 27.9 Å². The highest BCUT2D eigenvalue weighted by Gasteiger charge is 2.43. The molecule has 0 fully saturated rings. The lowest BCUT2D eigenvalue weighted by Gasteiger charge is -2.11. The molecule has 7 heteroatoms. The van der Waals surface area contributed by atoms with E-state index in [1.54, 1.807) is 31.2 Å². The molecule has 2 aromatic rings. The molecule has 28 heavy (non-hydrogen) atoms. The molecule has 1 aliphatic rings. The number of anilines is 1. The van der Waals surface area contributed by atoms with Gasteiger partial charge in [0.2, 0.25) is 0 Å². The summed E-state index contributed by atoms with van der Waals surface area (Å²) in [7, 11) is 0. The standard InChI is InChI=1S/C21H17F4NO2/c1-4-18(23)17(13(3)22)11-26-15-7-5-14(6-8-15)16-10-20-19(9-12(16)2)27-21(24,25)28-20/h4-10,26H,1,3,11H2,2H3/b18-17+. The fourth-order valence-electron chi connectivity index (χ4n) is 2.80. The molecule has 3 nitrogen and oxygen atoms in total. The van der Waals surface area contributed by atoms with E-state index in [-0.39, 0.29) is 23.6 Å². The van der Waals surface area contributed by atoms with Crippen molar-refractivity contribution >= 4 is 5.69 Å². The Hall–Kier alpha value is -3.22. The summed E-state index contributed by atoms with van der Waals surface area (Å²) >= 11 is 0. The summed E-state index contributed by atoms with van der Waals surface area (Å²) < 4.78 is 62.3. The maximum Gasteiger partial charge on any atom is 0.586 e. The average Bonchev–Trinajstić information content (AvgIpc) is 2.94. The molecule has 0 aliphatic carbocycles. The van der Waals surface area contributed by atoms with Crippen LogP contribution in [0.1, 0.15) is 5.56 Å². The third-order valence-electron chi connectivity index (χ3n) is 4.21. The van der Waals surface area contributed by atoms with Crippen LogP contribution in [0.15, 0.2) is 72.9 Å². The first-order chi connectivity index (χ1) is 13.2. The summed E-state index contributed by atoms with van der Waals surface area (Å²) in [5.41, 5.74) is 2.58. The monoisotopic (exact) mass is 391 g/mol. The predicted molar refractivity (Wildman–Crippen MR) is 99.9 cm³/mol. The minimum absolute atomic E-state index is 0.0143. The molecule has 0 atom stereocenters. The highest BCUT2D eigenvalue weighted by atomic mass is 19.3. The number of halogens is 4. The van der Waals surface area contributed by atoms with Crippen LogP contribution in [0.2, 0.25) is 0 Å². The van der Waals surface area contributed by atoms with Crippen LogP contribution in [0, 0.1) is 6.92 Å². The number of alkyl halides is 2. The molecule has 1 N–H and O–H groups in total. The van der Waals surface area contributed by atoms with Gasteiger partial charge in [-0.3, -0.25) is 0 Å². The topological polar surface area (TPSA) is 30.5 Å². The SMILES string of the molecule is C=C/C(F)=C(/CNc1ccc(-c2cc3c(cc2C)OC(F)(F)O3)cc1)C(=C)F. The highest BCUT2D eigenvalue weighted by molar-refractivity contribution is 5.72. The Labute approximate surface area is 159 Å². The number of allylic oxidation sites excluding steroid dienone is 2. The normalized spacial score (nSPS) is 15.0. The molecule has 0 amide bonds. The van der Waals surface area contributed by atoms with Crippen molar-refractivity contribution in [3.05, 3.63) is 78.4 Å². The molecule has 146 valence electrons. The van der Waals surface area contributed by atoms with Gasteiger partial charge in [-0.1, -0.05) is 25.3 Å². The van der Waals surface area contributed by atoms with E-state index in [0.29, 0.717) is 11.3 Å². The first-order valence-electron chi connectivity index (χ1n) is 8.31. The second-order valence-corrected chi connectivity index (χ2v) is 6.15. The zero-order valence-corrected chi connectivity index (χ0v) is 15.0. The summed E-state index contributed by atoms with van der Waals surface area (Å²) in [6.45, 7) is 8.04. The van der Waals surface area contributed by atoms with E-state index in [1.165, 1.54) is 12.1 Å². The molecule has 0 aromatic heterocycles. The van der Waals surface area contributed by atoms with Gasteiger partial charge in [0, 0.05) is 17.8 Å². The van der Waals surface area contributed by atoms with Crippen LogP contribution in [-0.2, 0) is 0 Å². The Balaban J connectivity index is 1.79. The lowest BCUT2D eigenvalue weighted by molar-refractivity contribution is -0.286. The van der Waals surface area contributed by atoms with Crippen LogP contribution in [0.4, 0.5) is 23.2 Å². The van der Waals surface area contributed by atoms with Gasteiger partial charge in [0.15, 0.2) is 11.5 Å². The summed E-state index contributed by atoms with van der Waals surface area (Å²) in [5.74, 6) is -1.72.